The summed E-state index contributed by atoms with van der Waals surface area (Å²) in [7, 11) is 1.70. The van der Waals surface area contributed by atoms with Gasteiger partial charge in [-0.15, -0.1) is 5.10 Å². The Hall–Kier alpha value is -0.970. The number of hydrogen-bond acceptors (Lipinski definition) is 4. The molecule has 0 bridgehead atoms. The molecule has 5 nitrogen and oxygen atoms in total. The molecule has 80 valence electrons. The minimum Gasteiger partial charge on any atom is -0.385 e. The maximum atomic E-state index is 4.98. The van der Waals surface area contributed by atoms with Crippen molar-refractivity contribution in [3.05, 3.63) is 5.82 Å². The zero-order valence-corrected chi connectivity index (χ0v) is 9.32. The molecule has 0 spiro atoms. The van der Waals surface area contributed by atoms with Crippen LogP contribution in [0.2, 0.25) is 0 Å². The smallest absolute Gasteiger partial charge is 0.156 e. The number of aryl methyl sites for hydroxylation is 1. The molecule has 0 saturated heterocycles. The Labute approximate surface area is 84.4 Å². The van der Waals surface area contributed by atoms with Crippen molar-refractivity contribution in [2.45, 2.75) is 39.2 Å². The van der Waals surface area contributed by atoms with E-state index < -0.39 is 0 Å². The van der Waals surface area contributed by atoms with Gasteiger partial charge in [-0.05, 0) is 16.8 Å². The van der Waals surface area contributed by atoms with Crippen LogP contribution in [0.5, 0.6) is 0 Å². The standard InChI is InChI=1S/C9H18N4O/c1-9(2,3)8-10-11-12-13(8)6-5-7-14-4/h5-7H2,1-4H3. The van der Waals surface area contributed by atoms with Gasteiger partial charge in [-0.25, -0.2) is 4.68 Å². The fourth-order valence-electron chi connectivity index (χ4n) is 1.25. The number of rotatable bonds is 4. The maximum Gasteiger partial charge on any atom is 0.156 e. The number of hydrogen-bond donors (Lipinski definition) is 0. The summed E-state index contributed by atoms with van der Waals surface area (Å²) in [6, 6.07) is 0. The summed E-state index contributed by atoms with van der Waals surface area (Å²) in [6.07, 6.45) is 0.935. The molecule has 0 aliphatic carbocycles. The van der Waals surface area contributed by atoms with Crippen LogP contribution in [0.1, 0.15) is 33.0 Å². The van der Waals surface area contributed by atoms with E-state index in [1.54, 1.807) is 7.11 Å². The third kappa shape index (κ3) is 2.77. The lowest BCUT2D eigenvalue weighted by Crippen LogP contribution is -2.20. The molecule has 0 amide bonds. The third-order valence-corrected chi connectivity index (χ3v) is 1.92. The van der Waals surface area contributed by atoms with Gasteiger partial charge >= 0.3 is 0 Å². The quantitative estimate of drug-likeness (QED) is 0.677. The topological polar surface area (TPSA) is 52.8 Å². The van der Waals surface area contributed by atoms with Gasteiger partial charge in [0.1, 0.15) is 0 Å². The predicted octanol–water partition coefficient (Wildman–Crippen LogP) is 1.01. The summed E-state index contributed by atoms with van der Waals surface area (Å²) >= 11 is 0. The highest BCUT2D eigenvalue weighted by Gasteiger charge is 2.21. The maximum absolute atomic E-state index is 4.98. The lowest BCUT2D eigenvalue weighted by molar-refractivity contribution is 0.188. The second kappa shape index (κ2) is 4.50. The molecule has 0 N–H and O–H groups in total. The zero-order chi connectivity index (χ0) is 10.6. The fourth-order valence-corrected chi connectivity index (χ4v) is 1.25. The van der Waals surface area contributed by atoms with E-state index in [9.17, 15) is 0 Å². The minimum absolute atomic E-state index is 0.00340. The van der Waals surface area contributed by atoms with Gasteiger partial charge in [-0.1, -0.05) is 20.8 Å². The van der Waals surface area contributed by atoms with Gasteiger partial charge in [0.2, 0.25) is 0 Å². The van der Waals surface area contributed by atoms with E-state index in [1.165, 1.54) is 0 Å². The highest BCUT2D eigenvalue weighted by atomic mass is 16.5. The molecule has 0 unspecified atom stereocenters. The Kier molecular flexibility index (Phi) is 3.57. The summed E-state index contributed by atoms with van der Waals surface area (Å²) in [5.74, 6) is 0.925. The van der Waals surface area contributed by atoms with Crippen LogP contribution in [0.25, 0.3) is 0 Å². The Bertz CT molecular complexity index is 277. The first-order valence-corrected chi connectivity index (χ1v) is 4.81. The van der Waals surface area contributed by atoms with Crippen LogP contribution < -0.4 is 0 Å². The SMILES string of the molecule is COCCCn1nnnc1C(C)(C)C. The van der Waals surface area contributed by atoms with Crippen molar-refractivity contribution >= 4 is 0 Å². The van der Waals surface area contributed by atoms with Crippen LogP contribution in [-0.2, 0) is 16.7 Å². The Morgan fingerprint density at radius 3 is 2.64 bits per heavy atom. The van der Waals surface area contributed by atoms with Crippen molar-refractivity contribution in [1.29, 1.82) is 0 Å². The molecular weight excluding hydrogens is 180 g/mol. The molecule has 0 radical (unpaired) electrons. The van der Waals surface area contributed by atoms with Gasteiger partial charge in [0.25, 0.3) is 0 Å². The number of aromatic nitrogens is 4. The Balaban J connectivity index is 2.63. The molecule has 1 aromatic rings. The van der Waals surface area contributed by atoms with Crippen LogP contribution in [0.15, 0.2) is 0 Å². The summed E-state index contributed by atoms with van der Waals surface area (Å²) in [5.41, 5.74) is -0.00340. The first kappa shape index (κ1) is 11.1. The average molecular weight is 198 g/mol. The second-order valence-electron chi connectivity index (χ2n) is 4.32. The Morgan fingerprint density at radius 1 is 1.36 bits per heavy atom. The van der Waals surface area contributed by atoms with Gasteiger partial charge < -0.3 is 4.74 Å². The average Bonchev–Trinajstić information content (AvgIpc) is 2.52. The summed E-state index contributed by atoms with van der Waals surface area (Å²) in [5, 5.41) is 11.7. The van der Waals surface area contributed by atoms with E-state index >= 15 is 0 Å². The van der Waals surface area contributed by atoms with E-state index in [-0.39, 0.29) is 5.41 Å². The highest BCUT2D eigenvalue weighted by molar-refractivity contribution is 4.98. The van der Waals surface area contributed by atoms with E-state index in [4.69, 9.17) is 4.74 Å². The second-order valence-corrected chi connectivity index (χ2v) is 4.32. The van der Waals surface area contributed by atoms with Crippen molar-refractivity contribution in [3.63, 3.8) is 0 Å². The Morgan fingerprint density at radius 2 is 2.07 bits per heavy atom. The molecule has 0 saturated carbocycles. The van der Waals surface area contributed by atoms with Crippen molar-refractivity contribution in [2.24, 2.45) is 0 Å². The first-order chi connectivity index (χ1) is 6.55. The molecule has 0 aromatic carbocycles. The van der Waals surface area contributed by atoms with Gasteiger partial charge in [0, 0.05) is 25.7 Å². The van der Waals surface area contributed by atoms with Crippen LogP contribution >= 0.6 is 0 Å². The molecule has 1 heterocycles. The first-order valence-electron chi connectivity index (χ1n) is 4.81. The van der Waals surface area contributed by atoms with E-state index in [1.807, 2.05) is 4.68 Å². The van der Waals surface area contributed by atoms with E-state index in [0.717, 1.165) is 25.4 Å². The van der Waals surface area contributed by atoms with Crippen molar-refractivity contribution in [3.8, 4) is 0 Å². The summed E-state index contributed by atoms with van der Waals surface area (Å²) < 4.78 is 6.83. The molecule has 1 rings (SSSR count). The van der Waals surface area contributed by atoms with Gasteiger partial charge in [-0.2, -0.15) is 0 Å². The number of nitrogens with zero attached hydrogens (tertiary/aromatic N) is 4. The van der Waals surface area contributed by atoms with Crippen LogP contribution in [0.3, 0.4) is 0 Å². The van der Waals surface area contributed by atoms with Crippen molar-refractivity contribution < 1.29 is 4.74 Å². The van der Waals surface area contributed by atoms with Crippen LogP contribution in [0, 0.1) is 0 Å². The summed E-state index contributed by atoms with van der Waals surface area (Å²) in [6.45, 7) is 7.86. The van der Waals surface area contributed by atoms with Gasteiger partial charge in [-0.3, -0.25) is 0 Å². The molecule has 0 atom stereocenters. The van der Waals surface area contributed by atoms with E-state index in [2.05, 4.69) is 36.3 Å². The normalized spacial score (nSPS) is 12.0. The minimum atomic E-state index is -0.00340. The van der Waals surface area contributed by atoms with E-state index in [0.29, 0.717) is 0 Å². The van der Waals surface area contributed by atoms with Crippen molar-refractivity contribution in [1.82, 2.24) is 20.2 Å². The molecular formula is C9H18N4O. The lowest BCUT2D eigenvalue weighted by Gasteiger charge is -2.16. The predicted molar refractivity (Wildman–Crippen MR) is 53.0 cm³/mol. The number of methoxy groups -OCH3 is 1. The molecule has 14 heavy (non-hydrogen) atoms. The number of ether oxygens (including phenoxy) is 1. The lowest BCUT2D eigenvalue weighted by atomic mass is 9.96. The number of tetrazole rings is 1. The summed E-state index contributed by atoms with van der Waals surface area (Å²) in [4.78, 5) is 0. The zero-order valence-electron chi connectivity index (χ0n) is 9.32. The fraction of sp³-hybridized carbons (Fsp3) is 0.889. The molecule has 0 fully saturated rings. The molecule has 0 aliphatic heterocycles. The largest absolute Gasteiger partial charge is 0.385 e. The van der Waals surface area contributed by atoms with Crippen LogP contribution in [-0.4, -0.2) is 33.9 Å². The molecule has 0 aliphatic rings. The van der Waals surface area contributed by atoms with Gasteiger partial charge in [0.15, 0.2) is 5.82 Å². The molecule has 1 aromatic heterocycles. The third-order valence-electron chi connectivity index (χ3n) is 1.92. The van der Waals surface area contributed by atoms with Gasteiger partial charge in [0.05, 0.1) is 0 Å². The van der Waals surface area contributed by atoms with Crippen molar-refractivity contribution in [2.75, 3.05) is 13.7 Å². The highest BCUT2D eigenvalue weighted by Crippen LogP contribution is 2.18. The molecule has 5 heteroatoms. The van der Waals surface area contributed by atoms with Crippen LogP contribution in [0.4, 0.5) is 0 Å². The monoisotopic (exact) mass is 198 g/mol.